The molecule has 2 atom stereocenters. The van der Waals surface area contributed by atoms with E-state index in [0.717, 1.165) is 6.42 Å². The fourth-order valence-electron chi connectivity index (χ4n) is 2.29. The third-order valence-electron chi connectivity index (χ3n) is 3.62. The predicted octanol–water partition coefficient (Wildman–Crippen LogP) is 0.393. The first kappa shape index (κ1) is 16.3. The first-order valence-electron chi connectivity index (χ1n) is 6.87. The Morgan fingerprint density at radius 2 is 2.05 bits per heavy atom. The number of hydrogen-bond donors (Lipinski definition) is 3. The van der Waals surface area contributed by atoms with Gasteiger partial charge in [-0.25, -0.2) is 4.79 Å². The van der Waals surface area contributed by atoms with Crippen LogP contribution in [0.1, 0.15) is 33.1 Å². The molecular formula is C13H23N3O4. The van der Waals surface area contributed by atoms with E-state index in [-0.39, 0.29) is 24.3 Å². The Balaban J connectivity index is 2.59. The van der Waals surface area contributed by atoms with Gasteiger partial charge in [0, 0.05) is 19.1 Å². The van der Waals surface area contributed by atoms with Crippen LogP contribution < -0.4 is 11.1 Å². The van der Waals surface area contributed by atoms with E-state index in [9.17, 15) is 14.4 Å². The van der Waals surface area contributed by atoms with Crippen molar-refractivity contribution in [1.29, 1.82) is 0 Å². The number of nitrogens with zero attached hydrogens (tertiary/aromatic N) is 1. The summed E-state index contributed by atoms with van der Waals surface area (Å²) in [6.45, 7) is 4.58. The van der Waals surface area contributed by atoms with Crippen LogP contribution in [0.3, 0.4) is 0 Å². The Morgan fingerprint density at radius 3 is 2.55 bits per heavy atom. The molecule has 1 heterocycles. The highest BCUT2D eigenvalue weighted by Gasteiger charge is 2.29. The summed E-state index contributed by atoms with van der Waals surface area (Å²) in [6, 6.07) is -0.746. The second-order valence-corrected chi connectivity index (χ2v) is 5.59. The number of likely N-dealkylation sites (tertiary alicyclic amines) is 1. The van der Waals surface area contributed by atoms with Crippen molar-refractivity contribution < 1.29 is 19.5 Å². The molecule has 0 aromatic carbocycles. The number of carbonyl (C=O) groups is 3. The molecule has 7 heteroatoms. The van der Waals surface area contributed by atoms with Gasteiger partial charge in [0.1, 0.15) is 0 Å². The molecule has 1 rings (SSSR count). The number of amides is 3. The summed E-state index contributed by atoms with van der Waals surface area (Å²) >= 11 is 0. The summed E-state index contributed by atoms with van der Waals surface area (Å²) in [4.78, 5) is 35.6. The van der Waals surface area contributed by atoms with Crippen LogP contribution >= 0.6 is 0 Å². The van der Waals surface area contributed by atoms with E-state index in [4.69, 9.17) is 10.8 Å². The number of nitrogens with one attached hydrogen (secondary N) is 1. The number of nitrogens with two attached hydrogens (primary N) is 1. The molecule has 0 saturated carbocycles. The molecule has 1 aliphatic rings. The van der Waals surface area contributed by atoms with Gasteiger partial charge in [-0.05, 0) is 18.8 Å². The molecule has 1 fully saturated rings. The maximum atomic E-state index is 12.1. The van der Waals surface area contributed by atoms with Crippen LogP contribution in [0.15, 0.2) is 0 Å². The number of urea groups is 1. The first-order valence-corrected chi connectivity index (χ1v) is 6.87. The van der Waals surface area contributed by atoms with E-state index in [1.165, 1.54) is 4.90 Å². The van der Waals surface area contributed by atoms with Gasteiger partial charge in [-0.3, -0.25) is 9.59 Å². The molecule has 0 radical (unpaired) electrons. The van der Waals surface area contributed by atoms with E-state index >= 15 is 0 Å². The third-order valence-corrected chi connectivity index (χ3v) is 3.62. The molecule has 7 nitrogen and oxygen atoms in total. The summed E-state index contributed by atoms with van der Waals surface area (Å²) in [5.74, 6) is -1.63. The van der Waals surface area contributed by atoms with Gasteiger partial charge < -0.3 is 21.1 Å². The second kappa shape index (κ2) is 7.12. The van der Waals surface area contributed by atoms with Gasteiger partial charge in [-0.2, -0.15) is 0 Å². The van der Waals surface area contributed by atoms with Crippen molar-refractivity contribution in [2.24, 2.45) is 17.6 Å². The standard InChI is InChI=1S/C13H23N3O4/c1-8(2)10(6-11(17)18)15-13(20)16-5-3-4-9(7-16)12(14)19/h8-10H,3-7H2,1-2H3,(H2,14,19)(H,15,20)(H,17,18). The number of piperidine rings is 1. The van der Waals surface area contributed by atoms with Crippen LogP contribution in [0.2, 0.25) is 0 Å². The molecule has 0 aromatic heterocycles. The van der Waals surface area contributed by atoms with Gasteiger partial charge in [-0.15, -0.1) is 0 Å². The zero-order valence-electron chi connectivity index (χ0n) is 12.0. The zero-order valence-corrected chi connectivity index (χ0v) is 12.0. The topological polar surface area (TPSA) is 113 Å². The molecule has 114 valence electrons. The van der Waals surface area contributed by atoms with E-state index in [0.29, 0.717) is 19.5 Å². The Bertz CT molecular complexity index is 384. The predicted molar refractivity (Wildman–Crippen MR) is 72.9 cm³/mol. The Labute approximate surface area is 118 Å². The summed E-state index contributed by atoms with van der Waals surface area (Å²) < 4.78 is 0. The minimum Gasteiger partial charge on any atom is -0.481 e. The van der Waals surface area contributed by atoms with Gasteiger partial charge in [-0.1, -0.05) is 13.8 Å². The number of hydrogen-bond acceptors (Lipinski definition) is 3. The molecular weight excluding hydrogens is 262 g/mol. The summed E-state index contributed by atoms with van der Waals surface area (Å²) in [6.07, 6.45) is 1.31. The maximum absolute atomic E-state index is 12.1. The Morgan fingerprint density at radius 1 is 1.40 bits per heavy atom. The Kier molecular flexibility index (Phi) is 5.79. The van der Waals surface area contributed by atoms with Gasteiger partial charge in [0.15, 0.2) is 0 Å². The lowest BCUT2D eigenvalue weighted by molar-refractivity contribution is -0.137. The van der Waals surface area contributed by atoms with Crippen LogP contribution in [-0.4, -0.2) is 47.0 Å². The van der Waals surface area contributed by atoms with Crippen LogP contribution in [0.4, 0.5) is 4.79 Å². The lowest BCUT2D eigenvalue weighted by Crippen LogP contribution is -2.51. The summed E-state index contributed by atoms with van der Waals surface area (Å²) in [5.41, 5.74) is 5.27. The van der Waals surface area contributed by atoms with E-state index < -0.39 is 17.9 Å². The van der Waals surface area contributed by atoms with Crippen molar-refractivity contribution in [2.45, 2.75) is 39.2 Å². The molecule has 0 aromatic rings. The average molecular weight is 285 g/mol. The van der Waals surface area contributed by atoms with Crippen molar-refractivity contribution in [1.82, 2.24) is 10.2 Å². The number of carbonyl (C=O) groups excluding carboxylic acids is 2. The van der Waals surface area contributed by atoms with Crippen molar-refractivity contribution in [3.63, 3.8) is 0 Å². The monoisotopic (exact) mass is 285 g/mol. The number of carboxylic acid groups (broad SMARTS) is 1. The van der Waals surface area contributed by atoms with Crippen molar-refractivity contribution in [2.75, 3.05) is 13.1 Å². The van der Waals surface area contributed by atoms with E-state index in [1.807, 2.05) is 13.8 Å². The third kappa shape index (κ3) is 4.71. The molecule has 1 aliphatic heterocycles. The normalized spacial score (nSPS) is 20.6. The lowest BCUT2D eigenvalue weighted by Gasteiger charge is -2.33. The van der Waals surface area contributed by atoms with Crippen LogP contribution in [-0.2, 0) is 9.59 Å². The highest BCUT2D eigenvalue weighted by molar-refractivity contribution is 5.80. The summed E-state index contributed by atoms with van der Waals surface area (Å²) in [7, 11) is 0. The van der Waals surface area contributed by atoms with E-state index in [2.05, 4.69) is 5.32 Å². The van der Waals surface area contributed by atoms with Crippen molar-refractivity contribution >= 4 is 17.9 Å². The maximum Gasteiger partial charge on any atom is 0.317 e. The highest BCUT2D eigenvalue weighted by atomic mass is 16.4. The number of carboxylic acids is 1. The number of aliphatic carboxylic acids is 1. The number of rotatable bonds is 5. The van der Waals surface area contributed by atoms with Crippen LogP contribution in [0.5, 0.6) is 0 Å². The molecule has 0 aliphatic carbocycles. The molecule has 4 N–H and O–H groups in total. The smallest absolute Gasteiger partial charge is 0.317 e. The molecule has 20 heavy (non-hydrogen) atoms. The van der Waals surface area contributed by atoms with Gasteiger partial charge in [0.25, 0.3) is 0 Å². The fraction of sp³-hybridized carbons (Fsp3) is 0.769. The highest BCUT2D eigenvalue weighted by Crippen LogP contribution is 2.16. The van der Waals surface area contributed by atoms with Gasteiger partial charge in [0.05, 0.1) is 12.3 Å². The van der Waals surface area contributed by atoms with Crippen LogP contribution in [0, 0.1) is 11.8 Å². The quantitative estimate of drug-likeness (QED) is 0.678. The molecule has 0 bridgehead atoms. The zero-order chi connectivity index (χ0) is 15.3. The van der Waals surface area contributed by atoms with E-state index in [1.54, 1.807) is 0 Å². The lowest BCUT2D eigenvalue weighted by atomic mass is 9.97. The van der Waals surface area contributed by atoms with Crippen molar-refractivity contribution in [3.05, 3.63) is 0 Å². The van der Waals surface area contributed by atoms with Crippen molar-refractivity contribution in [3.8, 4) is 0 Å². The fourth-order valence-corrected chi connectivity index (χ4v) is 2.29. The van der Waals surface area contributed by atoms with Gasteiger partial charge >= 0.3 is 12.0 Å². The molecule has 1 saturated heterocycles. The Hall–Kier alpha value is -1.79. The SMILES string of the molecule is CC(C)C(CC(=O)O)NC(=O)N1CCCC(C(N)=O)C1. The number of primary amides is 1. The minimum atomic E-state index is -0.947. The minimum absolute atomic E-state index is 0.0202. The summed E-state index contributed by atoms with van der Waals surface area (Å²) in [5, 5.41) is 11.6. The molecule has 3 amide bonds. The van der Waals surface area contributed by atoms with Gasteiger partial charge in [0.2, 0.25) is 5.91 Å². The average Bonchev–Trinajstić information content (AvgIpc) is 2.37. The van der Waals surface area contributed by atoms with Crippen LogP contribution in [0.25, 0.3) is 0 Å². The molecule has 0 spiro atoms. The molecule has 2 unspecified atom stereocenters. The largest absolute Gasteiger partial charge is 0.481 e. The first-order chi connectivity index (χ1) is 9.31. The second-order valence-electron chi connectivity index (χ2n) is 5.59.